The summed E-state index contributed by atoms with van der Waals surface area (Å²) in [4.78, 5) is 0. The predicted molar refractivity (Wildman–Crippen MR) is 39.1 cm³/mol. The van der Waals surface area contributed by atoms with Crippen LogP contribution >= 0.6 is 11.1 Å². The Balaban J connectivity index is 3.14. The van der Waals surface area contributed by atoms with Gasteiger partial charge in [0.15, 0.2) is 0 Å². The number of hydrogen-bond acceptors (Lipinski definition) is 1. The average Bonchev–Trinajstić information content (AvgIpc) is 1.65. The highest BCUT2D eigenvalue weighted by Crippen LogP contribution is 2.19. The van der Waals surface area contributed by atoms with Crippen LogP contribution in [0.1, 0.15) is 6.92 Å². The molecule has 0 bridgehead atoms. The molecule has 0 aliphatic carbocycles. The Hall–Kier alpha value is 0.310. The van der Waals surface area contributed by atoms with E-state index in [9.17, 15) is 0 Å². The van der Waals surface area contributed by atoms with Gasteiger partial charge < -0.3 is 0 Å². The third kappa shape index (κ3) is 2.94. The summed E-state index contributed by atoms with van der Waals surface area (Å²) in [6, 6.07) is 0. The quantitative estimate of drug-likeness (QED) is 0.536. The summed E-state index contributed by atoms with van der Waals surface area (Å²) in [5.41, 5.74) is 0. The first-order valence-corrected chi connectivity index (χ1v) is 4.49. The van der Waals surface area contributed by atoms with Gasteiger partial charge in [-0.3, -0.25) is 4.31 Å². The molecule has 0 aliphatic rings. The first kappa shape index (κ1) is 7.31. The Morgan fingerprint density at radius 1 is 1.43 bits per heavy atom. The summed E-state index contributed by atoms with van der Waals surface area (Å²) < 4.78 is 2.29. The smallest absolute Gasteiger partial charge is 0.00463 e. The molecule has 1 unspecified atom stereocenters. The summed E-state index contributed by atoms with van der Waals surface area (Å²) in [6.45, 7) is 2.23. The van der Waals surface area contributed by atoms with Crippen LogP contribution in [0.25, 0.3) is 0 Å². The molecule has 0 fully saturated rings. The van der Waals surface area contributed by atoms with Crippen molar-refractivity contribution in [1.29, 1.82) is 0 Å². The summed E-state index contributed by atoms with van der Waals surface area (Å²) in [5, 5.41) is 0. The predicted octanol–water partition coefficient (Wildman–Crippen LogP) is 1.11. The maximum atomic E-state index is 2.29. The normalized spacial score (nSPS) is 17.6. The van der Waals surface area contributed by atoms with Gasteiger partial charge in [-0.05, 0) is 26.1 Å². The molecule has 0 amide bonds. The van der Waals surface area contributed by atoms with Crippen LogP contribution in [0.4, 0.5) is 0 Å². The third-order valence-corrected chi connectivity index (χ3v) is 3.42. The fourth-order valence-electron chi connectivity index (χ4n) is 0.283. The van der Waals surface area contributed by atoms with E-state index in [4.69, 9.17) is 0 Å². The minimum absolute atomic E-state index is 0.196. The van der Waals surface area contributed by atoms with Gasteiger partial charge in [-0.2, -0.15) is 0 Å². The van der Waals surface area contributed by atoms with E-state index < -0.39 is 0 Å². The Morgan fingerprint density at radius 2 is 1.86 bits per heavy atom. The van der Waals surface area contributed by atoms with Crippen molar-refractivity contribution in [2.24, 2.45) is 0 Å². The number of rotatable bonds is 2. The lowest BCUT2D eigenvalue weighted by atomic mass is 11.0. The molecule has 1 nitrogen and oxygen atoms in total. The molecule has 0 aromatic carbocycles. The van der Waals surface area contributed by atoms with Crippen molar-refractivity contribution in [3.8, 4) is 0 Å². The van der Waals surface area contributed by atoms with Gasteiger partial charge in [-0.15, -0.1) is 0 Å². The molecule has 0 radical (unpaired) electrons. The van der Waals surface area contributed by atoms with Gasteiger partial charge in [0.05, 0.1) is 0 Å². The number of nitrogens with zero attached hydrogens (tertiary/aromatic N) is 1. The van der Waals surface area contributed by atoms with Crippen molar-refractivity contribution in [3.63, 3.8) is 0 Å². The van der Waals surface area contributed by atoms with E-state index in [1.165, 1.54) is 5.75 Å². The Bertz CT molecular complexity index is 45.3. The minimum atomic E-state index is 0.196. The van der Waals surface area contributed by atoms with Crippen molar-refractivity contribution >= 4 is 11.1 Å². The van der Waals surface area contributed by atoms with E-state index in [1.54, 1.807) is 0 Å². The highest BCUT2D eigenvalue weighted by Gasteiger charge is 1.91. The van der Waals surface area contributed by atoms with Gasteiger partial charge in [0, 0.05) is 0 Å². The van der Waals surface area contributed by atoms with E-state index >= 15 is 0 Å². The summed E-state index contributed by atoms with van der Waals surface area (Å²) in [5.74, 6) is 1.31. The summed E-state index contributed by atoms with van der Waals surface area (Å²) >= 11 is 0.196. The van der Waals surface area contributed by atoms with Crippen molar-refractivity contribution in [2.75, 3.05) is 26.1 Å². The zero-order valence-electron chi connectivity index (χ0n) is 5.60. The van der Waals surface area contributed by atoms with Crippen LogP contribution in [-0.2, 0) is 0 Å². The van der Waals surface area contributed by atoms with Crippen molar-refractivity contribution in [2.45, 2.75) is 6.92 Å². The molecule has 1 atom stereocenters. The zero-order chi connectivity index (χ0) is 5.86. The molecular formula is C5H15NS. The molecule has 0 aromatic rings. The van der Waals surface area contributed by atoms with Crippen molar-refractivity contribution in [1.82, 2.24) is 4.31 Å². The van der Waals surface area contributed by atoms with Crippen molar-refractivity contribution < 1.29 is 0 Å². The van der Waals surface area contributed by atoms with E-state index in [0.717, 1.165) is 0 Å². The lowest BCUT2D eigenvalue weighted by Crippen LogP contribution is -2.07. The minimum Gasteiger partial charge on any atom is -0.276 e. The van der Waals surface area contributed by atoms with E-state index in [0.29, 0.717) is 0 Å². The van der Waals surface area contributed by atoms with E-state index in [1.807, 2.05) is 0 Å². The maximum Gasteiger partial charge on any atom is -0.00463 e. The largest absolute Gasteiger partial charge is 0.276 e. The fourth-order valence-corrected chi connectivity index (χ4v) is 0.849. The molecular weight excluding hydrogens is 106 g/mol. The molecule has 0 heterocycles. The Labute approximate surface area is 49.2 Å². The highest BCUT2D eigenvalue weighted by molar-refractivity contribution is 8.14. The van der Waals surface area contributed by atoms with E-state index in [2.05, 4.69) is 31.6 Å². The highest BCUT2D eigenvalue weighted by atomic mass is 32.2. The first-order chi connectivity index (χ1) is 3.18. The SMILES string of the molecule is CC[SH](C)N(C)C. The topological polar surface area (TPSA) is 3.24 Å². The van der Waals surface area contributed by atoms with Crippen LogP contribution in [-0.4, -0.2) is 30.4 Å². The van der Waals surface area contributed by atoms with Crippen LogP contribution in [0.5, 0.6) is 0 Å². The number of hydrogen-bond donors (Lipinski definition) is 1. The molecule has 0 N–H and O–H groups in total. The maximum absolute atomic E-state index is 2.29. The van der Waals surface area contributed by atoms with Gasteiger partial charge in [0.2, 0.25) is 0 Å². The molecule has 0 rings (SSSR count). The first-order valence-electron chi connectivity index (χ1n) is 2.56. The summed E-state index contributed by atoms with van der Waals surface area (Å²) in [6.07, 6.45) is 2.29. The molecule has 0 saturated carbocycles. The lowest BCUT2D eigenvalue weighted by molar-refractivity contribution is 0.694. The average molecular weight is 121 g/mol. The van der Waals surface area contributed by atoms with E-state index in [-0.39, 0.29) is 11.1 Å². The third-order valence-electron chi connectivity index (χ3n) is 1.14. The molecule has 0 spiro atoms. The molecule has 7 heavy (non-hydrogen) atoms. The van der Waals surface area contributed by atoms with Crippen LogP contribution < -0.4 is 0 Å². The van der Waals surface area contributed by atoms with Crippen LogP contribution in [0, 0.1) is 0 Å². The second-order valence-corrected chi connectivity index (χ2v) is 4.57. The molecule has 0 saturated heterocycles. The van der Waals surface area contributed by atoms with Crippen LogP contribution in [0.2, 0.25) is 0 Å². The Morgan fingerprint density at radius 3 is 1.86 bits per heavy atom. The van der Waals surface area contributed by atoms with Gasteiger partial charge >= 0.3 is 0 Å². The van der Waals surface area contributed by atoms with Gasteiger partial charge in [-0.25, -0.2) is 11.1 Å². The van der Waals surface area contributed by atoms with Gasteiger partial charge in [-0.1, -0.05) is 6.92 Å². The van der Waals surface area contributed by atoms with Crippen molar-refractivity contribution in [3.05, 3.63) is 0 Å². The number of thiol groups is 1. The second kappa shape index (κ2) is 3.33. The standard InChI is InChI=1S/C5H15NS/c1-5-7(4)6(2)3/h7H,5H2,1-4H3. The molecule has 46 valence electrons. The van der Waals surface area contributed by atoms with Gasteiger partial charge in [0.1, 0.15) is 0 Å². The Kier molecular flexibility index (Phi) is 3.48. The zero-order valence-corrected chi connectivity index (χ0v) is 6.50. The monoisotopic (exact) mass is 121 g/mol. The molecule has 0 aromatic heterocycles. The molecule has 2 heteroatoms. The fraction of sp³-hybridized carbons (Fsp3) is 1.00. The molecule has 0 aliphatic heterocycles. The summed E-state index contributed by atoms with van der Waals surface area (Å²) in [7, 11) is 4.27. The van der Waals surface area contributed by atoms with Crippen LogP contribution in [0.3, 0.4) is 0 Å². The lowest BCUT2D eigenvalue weighted by Gasteiger charge is -2.21. The van der Waals surface area contributed by atoms with Crippen LogP contribution in [0.15, 0.2) is 0 Å². The second-order valence-electron chi connectivity index (χ2n) is 1.82. The van der Waals surface area contributed by atoms with Gasteiger partial charge in [0.25, 0.3) is 0 Å².